The summed E-state index contributed by atoms with van der Waals surface area (Å²) in [6, 6.07) is 9.89. The average molecular weight is 212 g/mol. The maximum Gasteiger partial charge on any atom is 0.0992 e. The Labute approximate surface area is 94.7 Å². The van der Waals surface area contributed by atoms with Crippen molar-refractivity contribution >= 4 is 11.4 Å². The molecule has 80 valence electrons. The number of anilines is 2. The van der Waals surface area contributed by atoms with E-state index in [9.17, 15) is 0 Å². The van der Waals surface area contributed by atoms with Crippen LogP contribution in [0.5, 0.6) is 0 Å². The van der Waals surface area contributed by atoms with Gasteiger partial charge in [-0.3, -0.25) is 0 Å². The van der Waals surface area contributed by atoms with Crippen molar-refractivity contribution in [2.75, 3.05) is 29.9 Å². The van der Waals surface area contributed by atoms with Crippen molar-refractivity contribution in [3.63, 3.8) is 0 Å². The van der Waals surface area contributed by atoms with E-state index in [0.717, 1.165) is 31.0 Å². The quantitative estimate of drug-likeness (QED) is 0.810. The molecule has 16 heavy (non-hydrogen) atoms. The summed E-state index contributed by atoms with van der Waals surface area (Å²) < 4.78 is 0. The number of benzene rings is 1. The first-order valence-corrected chi connectivity index (χ1v) is 5.25. The molecule has 0 bridgehead atoms. The molecule has 1 N–H and O–H groups in total. The van der Waals surface area contributed by atoms with Gasteiger partial charge < -0.3 is 10.2 Å². The van der Waals surface area contributed by atoms with Crippen LogP contribution in [-0.4, -0.2) is 19.6 Å². The van der Waals surface area contributed by atoms with E-state index in [2.05, 4.69) is 22.4 Å². The van der Waals surface area contributed by atoms with Gasteiger partial charge in [-0.15, -0.1) is 0 Å². The SMILES string of the molecule is N#CCCN1CCNc2cc(C#N)ccc21. The molecule has 0 saturated carbocycles. The van der Waals surface area contributed by atoms with Gasteiger partial charge in [0.05, 0.1) is 35.5 Å². The van der Waals surface area contributed by atoms with Gasteiger partial charge in [0.25, 0.3) is 0 Å². The van der Waals surface area contributed by atoms with E-state index in [0.29, 0.717) is 12.0 Å². The first kappa shape index (κ1) is 10.3. The molecule has 0 amide bonds. The lowest BCUT2D eigenvalue weighted by Gasteiger charge is -2.31. The predicted molar refractivity (Wildman–Crippen MR) is 62.1 cm³/mol. The van der Waals surface area contributed by atoms with E-state index >= 15 is 0 Å². The Bertz CT molecular complexity index is 467. The van der Waals surface area contributed by atoms with Gasteiger partial charge in [-0.05, 0) is 18.2 Å². The Morgan fingerprint density at radius 3 is 3.00 bits per heavy atom. The van der Waals surface area contributed by atoms with Crippen LogP contribution in [0.25, 0.3) is 0 Å². The van der Waals surface area contributed by atoms with Gasteiger partial charge >= 0.3 is 0 Å². The molecule has 0 radical (unpaired) electrons. The number of fused-ring (bicyclic) bond motifs is 1. The molecule has 0 aliphatic carbocycles. The first-order chi connectivity index (χ1) is 7.85. The molecular weight excluding hydrogens is 200 g/mol. The molecule has 0 fully saturated rings. The summed E-state index contributed by atoms with van der Waals surface area (Å²) in [4.78, 5) is 2.18. The topological polar surface area (TPSA) is 62.9 Å². The summed E-state index contributed by atoms with van der Waals surface area (Å²) in [5.41, 5.74) is 2.73. The van der Waals surface area contributed by atoms with Gasteiger partial charge in [0, 0.05) is 19.6 Å². The van der Waals surface area contributed by atoms with Crippen molar-refractivity contribution in [3.05, 3.63) is 23.8 Å². The maximum atomic E-state index is 8.81. The van der Waals surface area contributed by atoms with E-state index in [-0.39, 0.29) is 0 Å². The molecule has 1 aromatic rings. The molecule has 4 heteroatoms. The third-order valence-corrected chi connectivity index (χ3v) is 2.66. The molecule has 2 rings (SSSR count). The molecule has 0 unspecified atom stereocenters. The maximum absolute atomic E-state index is 8.81. The minimum absolute atomic E-state index is 0.527. The second-order valence-electron chi connectivity index (χ2n) is 3.67. The normalized spacial score (nSPS) is 13.2. The molecular formula is C12H12N4. The fraction of sp³-hybridized carbons (Fsp3) is 0.333. The van der Waals surface area contributed by atoms with E-state index < -0.39 is 0 Å². The van der Waals surface area contributed by atoms with Crippen molar-refractivity contribution in [1.82, 2.24) is 0 Å². The van der Waals surface area contributed by atoms with Crippen molar-refractivity contribution in [1.29, 1.82) is 10.5 Å². The Hall–Kier alpha value is -2.20. The lowest BCUT2D eigenvalue weighted by atomic mass is 10.1. The standard InChI is InChI=1S/C12H12N4/c13-4-1-6-16-7-5-15-11-8-10(9-14)2-3-12(11)16/h2-3,8,15H,1,5-7H2. The van der Waals surface area contributed by atoms with Crippen molar-refractivity contribution in [2.24, 2.45) is 0 Å². The monoisotopic (exact) mass is 212 g/mol. The molecule has 0 atom stereocenters. The highest BCUT2D eigenvalue weighted by molar-refractivity contribution is 5.73. The number of rotatable bonds is 2. The first-order valence-electron chi connectivity index (χ1n) is 5.25. The fourth-order valence-electron chi connectivity index (χ4n) is 1.89. The molecule has 0 spiro atoms. The average Bonchev–Trinajstić information content (AvgIpc) is 2.35. The van der Waals surface area contributed by atoms with Crippen LogP contribution >= 0.6 is 0 Å². The van der Waals surface area contributed by atoms with E-state index in [1.165, 1.54) is 0 Å². The van der Waals surface area contributed by atoms with Crippen LogP contribution in [0.15, 0.2) is 18.2 Å². The summed E-state index contributed by atoms with van der Waals surface area (Å²) in [5, 5.41) is 20.7. The molecule has 1 heterocycles. The summed E-state index contributed by atoms with van der Waals surface area (Å²) in [6.45, 7) is 2.50. The van der Waals surface area contributed by atoms with Crippen LogP contribution < -0.4 is 10.2 Å². The summed E-state index contributed by atoms with van der Waals surface area (Å²) >= 11 is 0. The largest absolute Gasteiger partial charge is 0.382 e. The smallest absolute Gasteiger partial charge is 0.0992 e. The zero-order chi connectivity index (χ0) is 11.4. The lowest BCUT2D eigenvalue weighted by Crippen LogP contribution is -2.34. The highest BCUT2D eigenvalue weighted by Crippen LogP contribution is 2.29. The fourth-order valence-corrected chi connectivity index (χ4v) is 1.89. The lowest BCUT2D eigenvalue weighted by molar-refractivity contribution is 0.786. The van der Waals surface area contributed by atoms with Crippen LogP contribution in [0.2, 0.25) is 0 Å². The number of nitrogens with zero attached hydrogens (tertiary/aromatic N) is 3. The summed E-state index contributed by atoms with van der Waals surface area (Å²) in [5.74, 6) is 0. The van der Waals surface area contributed by atoms with Crippen molar-refractivity contribution < 1.29 is 0 Å². The zero-order valence-corrected chi connectivity index (χ0v) is 8.90. The summed E-state index contributed by atoms with van der Waals surface area (Å²) in [6.07, 6.45) is 0.527. The van der Waals surface area contributed by atoms with Crippen molar-refractivity contribution in [3.8, 4) is 12.1 Å². The Morgan fingerprint density at radius 1 is 1.38 bits per heavy atom. The van der Waals surface area contributed by atoms with Gasteiger partial charge in [-0.1, -0.05) is 0 Å². The molecule has 1 aliphatic heterocycles. The van der Waals surface area contributed by atoms with E-state index in [1.807, 2.05) is 18.2 Å². The summed E-state index contributed by atoms with van der Waals surface area (Å²) in [7, 11) is 0. The van der Waals surface area contributed by atoms with E-state index in [4.69, 9.17) is 10.5 Å². The van der Waals surface area contributed by atoms with Crippen LogP contribution in [-0.2, 0) is 0 Å². The Kier molecular flexibility index (Phi) is 2.93. The third-order valence-electron chi connectivity index (χ3n) is 2.66. The minimum atomic E-state index is 0.527. The molecule has 4 nitrogen and oxygen atoms in total. The van der Waals surface area contributed by atoms with Crippen LogP contribution in [0.4, 0.5) is 11.4 Å². The number of hydrogen-bond donors (Lipinski definition) is 1. The van der Waals surface area contributed by atoms with Gasteiger partial charge in [0.15, 0.2) is 0 Å². The van der Waals surface area contributed by atoms with Gasteiger partial charge in [-0.25, -0.2) is 0 Å². The highest BCUT2D eigenvalue weighted by atomic mass is 15.2. The third kappa shape index (κ3) is 1.92. The number of hydrogen-bond acceptors (Lipinski definition) is 4. The Morgan fingerprint density at radius 2 is 2.25 bits per heavy atom. The number of nitriles is 2. The Balaban J connectivity index is 2.26. The predicted octanol–water partition coefficient (Wildman–Crippen LogP) is 1.70. The van der Waals surface area contributed by atoms with Crippen LogP contribution in [0.1, 0.15) is 12.0 Å². The molecule has 1 aliphatic rings. The van der Waals surface area contributed by atoms with Crippen LogP contribution in [0, 0.1) is 22.7 Å². The minimum Gasteiger partial charge on any atom is -0.382 e. The second-order valence-corrected chi connectivity index (χ2v) is 3.67. The second kappa shape index (κ2) is 4.55. The van der Waals surface area contributed by atoms with E-state index in [1.54, 1.807) is 0 Å². The van der Waals surface area contributed by atoms with Gasteiger partial charge in [0.1, 0.15) is 0 Å². The van der Waals surface area contributed by atoms with Crippen LogP contribution in [0.3, 0.4) is 0 Å². The molecule has 0 saturated heterocycles. The highest BCUT2D eigenvalue weighted by Gasteiger charge is 2.15. The number of nitrogens with one attached hydrogen (secondary N) is 1. The van der Waals surface area contributed by atoms with Gasteiger partial charge in [0.2, 0.25) is 0 Å². The molecule has 1 aromatic carbocycles. The van der Waals surface area contributed by atoms with Crippen molar-refractivity contribution in [2.45, 2.75) is 6.42 Å². The molecule has 0 aromatic heterocycles. The van der Waals surface area contributed by atoms with Gasteiger partial charge in [-0.2, -0.15) is 10.5 Å². The zero-order valence-electron chi connectivity index (χ0n) is 8.90.